The lowest BCUT2D eigenvalue weighted by Gasteiger charge is -2.04. The lowest BCUT2D eigenvalue weighted by atomic mass is 10.2. The van der Waals surface area contributed by atoms with Gasteiger partial charge in [-0.3, -0.25) is 0 Å². The van der Waals surface area contributed by atoms with Crippen molar-refractivity contribution in [1.29, 1.82) is 0 Å². The minimum atomic E-state index is -3.83. The smallest absolute Gasteiger partial charge is 0.276 e. The summed E-state index contributed by atoms with van der Waals surface area (Å²) >= 11 is 17.2. The summed E-state index contributed by atoms with van der Waals surface area (Å²) in [7, 11) is -3.83. The zero-order valence-electron chi connectivity index (χ0n) is 10.8. The van der Waals surface area contributed by atoms with Gasteiger partial charge in [-0.2, -0.15) is 13.5 Å². The molecule has 0 amide bonds. The maximum absolute atomic E-state index is 12.0. The average Bonchev–Trinajstić information content (AvgIpc) is 2.44. The van der Waals surface area contributed by atoms with Crippen molar-refractivity contribution in [3.8, 4) is 5.75 Å². The normalized spacial score (nSPS) is 11.8. The quantitative estimate of drug-likeness (QED) is 0.628. The highest BCUT2D eigenvalue weighted by Crippen LogP contribution is 2.29. The maximum atomic E-state index is 12.0. The van der Waals surface area contributed by atoms with Gasteiger partial charge >= 0.3 is 0 Å². The highest BCUT2D eigenvalue weighted by atomic mass is 35.5. The molecule has 0 radical (unpaired) electrons. The van der Waals surface area contributed by atoms with Crippen LogP contribution in [0, 0.1) is 0 Å². The number of hydrazone groups is 1. The van der Waals surface area contributed by atoms with Gasteiger partial charge in [-0.25, -0.2) is 4.83 Å². The fourth-order valence-electron chi connectivity index (χ4n) is 1.52. The van der Waals surface area contributed by atoms with Crippen LogP contribution >= 0.6 is 34.8 Å². The predicted molar refractivity (Wildman–Crippen MR) is 87.5 cm³/mol. The SMILES string of the molecule is O=S(=O)(N/N=C/c1cc(Cl)cc(Cl)c1O)c1ccc(Cl)cc1. The zero-order valence-corrected chi connectivity index (χ0v) is 13.9. The number of aromatic hydroxyl groups is 1. The molecule has 0 spiro atoms. The van der Waals surface area contributed by atoms with Gasteiger partial charge in [-0.05, 0) is 36.4 Å². The molecule has 2 rings (SSSR count). The van der Waals surface area contributed by atoms with Crippen LogP contribution in [0.3, 0.4) is 0 Å². The van der Waals surface area contributed by atoms with Gasteiger partial charge < -0.3 is 5.11 Å². The molecule has 0 bridgehead atoms. The zero-order chi connectivity index (χ0) is 16.3. The van der Waals surface area contributed by atoms with Crippen molar-refractivity contribution in [2.45, 2.75) is 4.90 Å². The minimum absolute atomic E-state index is 0.00222. The van der Waals surface area contributed by atoms with Gasteiger partial charge in [0, 0.05) is 15.6 Å². The van der Waals surface area contributed by atoms with Crippen LogP contribution in [0.5, 0.6) is 5.75 Å². The number of hydrogen-bond donors (Lipinski definition) is 2. The first kappa shape index (κ1) is 16.9. The van der Waals surface area contributed by atoms with Crippen molar-refractivity contribution in [2.75, 3.05) is 0 Å². The summed E-state index contributed by atoms with van der Waals surface area (Å²) < 4.78 is 23.9. The predicted octanol–water partition coefficient (Wildman–Crippen LogP) is 3.66. The molecule has 0 unspecified atom stereocenters. The average molecular weight is 380 g/mol. The van der Waals surface area contributed by atoms with Crippen molar-refractivity contribution in [3.05, 3.63) is 57.0 Å². The molecular weight excluding hydrogens is 371 g/mol. The van der Waals surface area contributed by atoms with Crippen LogP contribution in [0.25, 0.3) is 0 Å². The van der Waals surface area contributed by atoms with Crippen LogP contribution in [0.4, 0.5) is 0 Å². The van der Waals surface area contributed by atoms with Crippen LogP contribution in [-0.2, 0) is 10.0 Å². The Labute approximate surface area is 142 Å². The molecule has 0 aliphatic carbocycles. The van der Waals surface area contributed by atoms with Crippen LogP contribution < -0.4 is 4.83 Å². The van der Waals surface area contributed by atoms with Gasteiger partial charge in [0.15, 0.2) is 0 Å². The first-order valence-electron chi connectivity index (χ1n) is 5.78. The maximum Gasteiger partial charge on any atom is 0.276 e. The monoisotopic (exact) mass is 378 g/mol. The first-order chi connectivity index (χ1) is 10.3. The van der Waals surface area contributed by atoms with Crippen LogP contribution in [0.1, 0.15) is 5.56 Å². The Morgan fingerprint density at radius 3 is 2.32 bits per heavy atom. The fraction of sp³-hybridized carbons (Fsp3) is 0. The largest absolute Gasteiger partial charge is 0.506 e. The molecule has 0 heterocycles. The van der Waals surface area contributed by atoms with Crippen molar-refractivity contribution in [1.82, 2.24) is 4.83 Å². The number of halogens is 3. The Morgan fingerprint density at radius 2 is 1.68 bits per heavy atom. The second-order valence-electron chi connectivity index (χ2n) is 4.13. The number of benzene rings is 2. The standard InChI is InChI=1S/C13H9Cl3N2O3S/c14-9-1-3-11(4-2-9)22(20,21)18-17-7-8-5-10(15)6-12(16)13(8)19/h1-7,18-19H/b17-7+. The number of phenolic OH excluding ortho intramolecular Hbond substituents is 1. The van der Waals surface area contributed by atoms with E-state index in [1.165, 1.54) is 36.4 Å². The third-order valence-electron chi connectivity index (χ3n) is 2.56. The summed E-state index contributed by atoms with van der Waals surface area (Å²) in [6, 6.07) is 8.32. The molecule has 0 aliphatic rings. The van der Waals surface area contributed by atoms with E-state index in [0.717, 1.165) is 6.21 Å². The second-order valence-corrected chi connectivity index (χ2v) is 7.07. The number of nitrogens with zero attached hydrogens (tertiary/aromatic N) is 1. The topological polar surface area (TPSA) is 78.8 Å². The molecule has 0 aromatic heterocycles. The van der Waals surface area contributed by atoms with Crippen LogP contribution in [0.15, 0.2) is 46.4 Å². The molecule has 0 saturated heterocycles. The van der Waals surface area contributed by atoms with Gasteiger partial charge in [0.25, 0.3) is 10.0 Å². The van der Waals surface area contributed by atoms with Gasteiger partial charge in [-0.15, -0.1) is 0 Å². The van der Waals surface area contributed by atoms with Crippen molar-refractivity contribution in [3.63, 3.8) is 0 Å². The minimum Gasteiger partial charge on any atom is -0.506 e. The highest BCUT2D eigenvalue weighted by molar-refractivity contribution is 7.89. The Kier molecular flexibility index (Phi) is 5.18. The summed E-state index contributed by atoms with van der Waals surface area (Å²) in [4.78, 5) is 2.01. The van der Waals surface area contributed by atoms with E-state index in [9.17, 15) is 13.5 Å². The Morgan fingerprint density at radius 1 is 1.05 bits per heavy atom. The molecule has 2 aromatic rings. The molecule has 0 atom stereocenters. The summed E-state index contributed by atoms with van der Waals surface area (Å²) in [6.07, 6.45) is 1.10. The molecule has 0 fully saturated rings. The first-order valence-corrected chi connectivity index (χ1v) is 8.40. The van der Waals surface area contributed by atoms with Gasteiger partial charge in [0.05, 0.1) is 16.1 Å². The van der Waals surface area contributed by atoms with E-state index in [4.69, 9.17) is 34.8 Å². The van der Waals surface area contributed by atoms with Gasteiger partial charge in [0.1, 0.15) is 5.75 Å². The fourth-order valence-corrected chi connectivity index (χ4v) is 2.94. The van der Waals surface area contributed by atoms with E-state index in [0.29, 0.717) is 5.02 Å². The molecule has 116 valence electrons. The van der Waals surface area contributed by atoms with E-state index in [-0.39, 0.29) is 26.3 Å². The lowest BCUT2D eigenvalue weighted by molar-refractivity contribution is 0.474. The number of nitrogens with one attached hydrogen (secondary N) is 1. The number of phenols is 1. The van der Waals surface area contributed by atoms with Gasteiger partial charge in [-0.1, -0.05) is 34.8 Å². The molecule has 9 heteroatoms. The molecule has 2 aromatic carbocycles. The highest BCUT2D eigenvalue weighted by Gasteiger charge is 2.12. The molecule has 2 N–H and O–H groups in total. The number of sulfonamides is 1. The van der Waals surface area contributed by atoms with E-state index < -0.39 is 10.0 Å². The lowest BCUT2D eigenvalue weighted by Crippen LogP contribution is -2.18. The molecule has 5 nitrogen and oxygen atoms in total. The molecule has 0 saturated carbocycles. The summed E-state index contributed by atoms with van der Waals surface area (Å²) in [5, 5.41) is 14.0. The summed E-state index contributed by atoms with van der Waals surface area (Å²) in [5.74, 6) is -0.250. The molecule has 0 aliphatic heterocycles. The third-order valence-corrected chi connectivity index (χ3v) is 4.55. The molecular formula is C13H9Cl3N2O3S. The van der Waals surface area contributed by atoms with E-state index in [1.54, 1.807) is 0 Å². The Bertz CT molecular complexity index is 821. The van der Waals surface area contributed by atoms with Crippen molar-refractivity contribution >= 4 is 51.0 Å². The Hall–Kier alpha value is -1.47. The van der Waals surface area contributed by atoms with E-state index in [1.807, 2.05) is 4.83 Å². The Balaban J connectivity index is 2.20. The van der Waals surface area contributed by atoms with Crippen LogP contribution in [0.2, 0.25) is 15.1 Å². The van der Waals surface area contributed by atoms with E-state index in [2.05, 4.69) is 5.10 Å². The number of rotatable bonds is 4. The summed E-state index contributed by atoms with van der Waals surface area (Å²) in [6.45, 7) is 0. The van der Waals surface area contributed by atoms with Crippen molar-refractivity contribution in [2.24, 2.45) is 5.10 Å². The summed E-state index contributed by atoms with van der Waals surface area (Å²) in [5.41, 5.74) is 0.177. The van der Waals surface area contributed by atoms with Crippen molar-refractivity contribution < 1.29 is 13.5 Å². The number of hydrogen-bond acceptors (Lipinski definition) is 4. The van der Waals surface area contributed by atoms with Gasteiger partial charge in [0.2, 0.25) is 0 Å². The second kappa shape index (κ2) is 6.75. The van der Waals surface area contributed by atoms with Crippen LogP contribution in [-0.4, -0.2) is 19.7 Å². The molecule has 22 heavy (non-hydrogen) atoms. The third kappa shape index (κ3) is 4.04. The van der Waals surface area contributed by atoms with E-state index >= 15 is 0 Å².